The number of carbonyl (C=O) groups is 1. The number of amides is 1. The Bertz CT molecular complexity index is 1160. The number of aryl methyl sites for hydroxylation is 1. The summed E-state index contributed by atoms with van der Waals surface area (Å²) in [5.41, 5.74) is 2.55. The maximum absolute atomic E-state index is 13.4. The van der Waals surface area contributed by atoms with Crippen LogP contribution in [0.25, 0.3) is 0 Å². The number of hydrogen-bond acceptors (Lipinski definition) is 4. The minimum atomic E-state index is -3.88. The Morgan fingerprint density at radius 3 is 2.09 bits per heavy atom. The van der Waals surface area contributed by atoms with Gasteiger partial charge in [0.25, 0.3) is 10.0 Å². The smallest absolute Gasteiger partial charge is 0.264 e. The second-order valence-corrected chi connectivity index (χ2v) is 9.73. The molecule has 0 aromatic heterocycles. The van der Waals surface area contributed by atoms with E-state index < -0.39 is 10.0 Å². The number of carbonyl (C=O) groups excluding carboxylic acids is 1. The van der Waals surface area contributed by atoms with Gasteiger partial charge >= 0.3 is 0 Å². The van der Waals surface area contributed by atoms with Crippen LogP contribution in [-0.4, -0.2) is 51.9 Å². The van der Waals surface area contributed by atoms with Gasteiger partial charge in [-0.2, -0.15) is 0 Å². The molecule has 0 N–H and O–H groups in total. The average molecular weight is 450 g/mol. The Labute approximate surface area is 189 Å². The molecule has 0 radical (unpaired) electrons. The van der Waals surface area contributed by atoms with Crippen molar-refractivity contribution in [3.63, 3.8) is 0 Å². The van der Waals surface area contributed by atoms with Crippen LogP contribution in [0.3, 0.4) is 0 Å². The summed E-state index contributed by atoms with van der Waals surface area (Å²) in [6.07, 6.45) is 0. The van der Waals surface area contributed by atoms with Crippen LogP contribution in [0.2, 0.25) is 0 Å². The molecule has 1 fully saturated rings. The second-order valence-electron chi connectivity index (χ2n) is 7.87. The van der Waals surface area contributed by atoms with Gasteiger partial charge in [-0.3, -0.25) is 9.10 Å². The highest BCUT2D eigenvalue weighted by Crippen LogP contribution is 2.25. The van der Waals surface area contributed by atoms with E-state index in [1.165, 1.54) is 4.31 Å². The van der Waals surface area contributed by atoms with Crippen LogP contribution < -0.4 is 9.21 Å². The van der Waals surface area contributed by atoms with Crippen LogP contribution in [-0.2, 0) is 14.8 Å². The van der Waals surface area contributed by atoms with Crippen molar-refractivity contribution in [3.8, 4) is 0 Å². The third-order valence-corrected chi connectivity index (χ3v) is 7.44. The predicted molar refractivity (Wildman–Crippen MR) is 127 cm³/mol. The van der Waals surface area contributed by atoms with Gasteiger partial charge in [0.15, 0.2) is 0 Å². The molecule has 1 heterocycles. The maximum Gasteiger partial charge on any atom is 0.264 e. The van der Waals surface area contributed by atoms with Crippen LogP contribution in [0.1, 0.15) is 5.56 Å². The Kier molecular flexibility index (Phi) is 6.46. The van der Waals surface area contributed by atoms with Crippen molar-refractivity contribution < 1.29 is 13.2 Å². The fourth-order valence-corrected chi connectivity index (χ4v) is 5.32. The minimum absolute atomic E-state index is 0.170. The summed E-state index contributed by atoms with van der Waals surface area (Å²) >= 11 is 0. The molecule has 166 valence electrons. The summed E-state index contributed by atoms with van der Waals surface area (Å²) in [6.45, 7) is 4.21. The van der Waals surface area contributed by atoms with Gasteiger partial charge in [0.05, 0.1) is 10.6 Å². The molecule has 1 saturated heterocycles. The summed E-state index contributed by atoms with van der Waals surface area (Å²) in [5.74, 6) is -0.196. The van der Waals surface area contributed by atoms with Crippen LogP contribution in [0.4, 0.5) is 11.4 Å². The topological polar surface area (TPSA) is 60.9 Å². The zero-order valence-electron chi connectivity index (χ0n) is 18.1. The molecule has 1 aliphatic rings. The molecule has 3 aromatic carbocycles. The van der Waals surface area contributed by atoms with E-state index in [-0.39, 0.29) is 17.3 Å². The molecule has 0 bridgehead atoms. The number of para-hydroxylation sites is 1. The minimum Gasteiger partial charge on any atom is -0.368 e. The lowest BCUT2D eigenvalue weighted by molar-refractivity contribution is -0.129. The van der Waals surface area contributed by atoms with Crippen LogP contribution in [0.15, 0.2) is 89.8 Å². The molecule has 1 amide bonds. The summed E-state index contributed by atoms with van der Waals surface area (Å²) in [4.78, 5) is 17.4. The third kappa shape index (κ3) is 4.78. The van der Waals surface area contributed by atoms with E-state index in [9.17, 15) is 13.2 Å². The highest BCUT2D eigenvalue weighted by molar-refractivity contribution is 7.92. The van der Waals surface area contributed by atoms with Crippen molar-refractivity contribution >= 4 is 27.3 Å². The highest BCUT2D eigenvalue weighted by atomic mass is 32.2. The summed E-state index contributed by atoms with van der Waals surface area (Å²) in [5, 5.41) is 0. The first-order chi connectivity index (χ1) is 15.4. The Hall–Kier alpha value is -3.32. The summed E-state index contributed by atoms with van der Waals surface area (Å²) in [7, 11) is -3.88. The summed E-state index contributed by atoms with van der Waals surface area (Å²) < 4.78 is 28.1. The lowest BCUT2D eigenvalue weighted by atomic mass is 10.2. The number of piperazine rings is 1. The number of anilines is 2. The van der Waals surface area contributed by atoms with Gasteiger partial charge in [-0.1, -0.05) is 48.5 Å². The first kappa shape index (κ1) is 21.9. The number of hydrogen-bond donors (Lipinski definition) is 0. The molecule has 4 rings (SSSR count). The fraction of sp³-hybridized carbons (Fsp3) is 0.240. The van der Waals surface area contributed by atoms with E-state index in [1.807, 2.05) is 31.2 Å². The third-order valence-electron chi connectivity index (χ3n) is 5.65. The number of nitrogens with zero attached hydrogens (tertiary/aromatic N) is 3. The first-order valence-corrected chi connectivity index (χ1v) is 12.1. The Balaban J connectivity index is 1.53. The van der Waals surface area contributed by atoms with Crippen LogP contribution >= 0.6 is 0 Å². The zero-order valence-corrected chi connectivity index (χ0v) is 18.9. The van der Waals surface area contributed by atoms with Crippen molar-refractivity contribution in [1.29, 1.82) is 0 Å². The quantitative estimate of drug-likeness (QED) is 0.578. The fourth-order valence-electron chi connectivity index (χ4n) is 3.89. The molecule has 0 spiro atoms. The van der Waals surface area contributed by atoms with Gasteiger partial charge in [0, 0.05) is 31.9 Å². The van der Waals surface area contributed by atoms with E-state index in [0.29, 0.717) is 31.9 Å². The molecule has 0 unspecified atom stereocenters. The van der Waals surface area contributed by atoms with Crippen molar-refractivity contribution in [2.45, 2.75) is 11.8 Å². The Morgan fingerprint density at radius 2 is 1.47 bits per heavy atom. The van der Waals surface area contributed by atoms with Gasteiger partial charge in [-0.25, -0.2) is 8.42 Å². The lowest BCUT2D eigenvalue weighted by Crippen LogP contribution is -2.52. The van der Waals surface area contributed by atoms with E-state index in [2.05, 4.69) is 17.0 Å². The molecule has 6 nitrogen and oxygen atoms in total. The van der Waals surface area contributed by atoms with Gasteiger partial charge in [0.1, 0.15) is 6.54 Å². The van der Waals surface area contributed by atoms with Crippen LogP contribution in [0.5, 0.6) is 0 Å². The molecule has 0 aliphatic carbocycles. The van der Waals surface area contributed by atoms with Gasteiger partial charge in [0.2, 0.25) is 5.91 Å². The predicted octanol–water partition coefficient (Wildman–Crippen LogP) is 3.54. The van der Waals surface area contributed by atoms with Crippen molar-refractivity contribution in [2.75, 3.05) is 41.9 Å². The lowest BCUT2D eigenvalue weighted by Gasteiger charge is -2.37. The second kappa shape index (κ2) is 9.44. The van der Waals surface area contributed by atoms with Gasteiger partial charge < -0.3 is 9.80 Å². The molecule has 3 aromatic rings. The first-order valence-electron chi connectivity index (χ1n) is 10.7. The monoisotopic (exact) mass is 449 g/mol. The number of benzene rings is 3. The van der Waals surface area contributed by atoms with E-state index >= 15 is 0 Å². The van der Waals surface area contributed by atoms with E-state index in [4.69, 9.17) is 0 Å². The molecule has 7 heteroatoms. The number of rotatable bonds is 6. The molecular formula is C25H27N3O3S. The maximum atomic E-state index is 13.4. The SMILES string of the molecule is Cc1cccc(N(CC(=O)N2CCN(c3ccccc3)CC2)S(=O)(=O)c2ccccc2)c1. The van der Waals surface area contributed by atoms with Gasteiger partial charge in [-0.05, 0) is 48.9 Å². The molecule has 32 heavy (non-hydrogen) atoms. The van der Waals surface area contributed by atoms with E-state index in [0.717, 1.165) is 11.3 Å². The summed E-state index contributed by atoms with van der Waals surface area (Å²) in [6, 6.07) is 25.6. The molecular weight excluding hydrogens is 422 g/mol. The van der Waals surface area contributed by atoms with Crippen molar-refractivity contribution in [2.24, 2.45) is 0 Å². The van der Waals surface area contributed by atoms with Crippen LogP contribution in [0, 0.1) is 6.92 Å². The standard InChI is InChI=1S/C25H27N3O3S/c1-21-9-8-12-23(19-21)28(32(30,31)24-13-6-3-7-14-24)20-25(29)27-17-15-26(16-18-27)22-10-4-2-5-11-22/h2-14,19H,15-18,20H2,1H3. The largest absolute Gasteiger partial charge is 0.368 e. The van der Waals surface area contributed by atoms with Crippen molar-refractivity contribution in [1.82, 2.24) is 4.90 Å². The average Bonchev–Trinajstić information content (AvgIpc) is 2.83. The molecule has 0 saturated carbocycles. The van der Waals surface area contributed by atoms with Crippen molar-refractivity contribution in [3.05, 3.63) is 90.5 Å². The molecule has 0 atom stereocenters. The highest BCUT2D eigenvalue weighted by Gasteiger charge is 2.30. The Morgan fingerprint density at radius 1 is 0.844 bits per heavy atom. The van der Waals surface area contributed by atoms with Gasteiger partial charge in [-0.15, -0.1) is 0 Å². The normalized spacial score (nSPS) is 14.3. The van der Waals surface area contributed by atoms with E-state index in [1.54, 1.807) is 53.4 Å². The zero-order chi connectivity index (χ0) is 22.6. The number of sulfonamides is 1. The molecule has 1 aliphatic heterocycles.